The molecular formula is C22H19ClN2O6S. The second kappa shape index (κ2) is 10.7. The fourth-order valence-electron chi connectivity index (χ4n) is 2.48. The van der Waals surface area contributed by atoms with E-state index in [0.29, 0.717) is 16.3 Å². The Labute approximate surface area is 190 Å². The Morgan fingerprint density at radius 3 is 2.44 bits per heavy atom. The van der Waals surface area contributed by atoms with Crippen molar-refractivity contribution in [3.63, 3.8) is 0 Å². The Hall–Kier alpha value is -3.56. The van der Waals surface area contributed by atoms with Crippen LogP contribution in [0, 0.1) is 0 Å². The van der Waals surface area contributed by atoms with Crippen LogP contribution in [0.4, 0.5) is 0 Å². The monoisotopic (exact) mass is 474 g/mol. The van der Waals surface area contributed by atoms with Crippen molar-refractivity contribution in [1.29, 1.82) is 0 Å². The van der Waals surface area contributed by atoms with E-state index < -0.39 is 16.0 Å². The number of nitrogens with zero attached hydrogens (tertiary/aromatic N) is 1. The van der Waals surface area contributed by atoms with Crippen molar-refractivity contribution in [3.8, 4) is 17.2 Å². The van der Waals surface area contributed by atoms with Gasteiger partial charge in [-0.05, 0) is 60.2 Å². The number of hydrogen-bond donors (Lipinski definition) is 1. The third kappa shape index (κ3) is 6.47. The first-order chi connectivity index (χ1) is 15.4. The molecule has 10 heteroatoms. The Balaban J connectivity index is 1.63. The molecule has 0 radical (unpaired) electrons. The summed E-state index contributed by atoms with van der Waals surface area (Å²) in [6.07, 6.45) is 1.33. The minimum atomic E-state index is -4.05. The second-order valence-corrected chi connectivity index (χ2v) is 8.28. The van der Waals surface area contributed by atoms with Crippen LogP contribution in [-0.4, -0.2) is 34.3 Å². The minimum Gasteiger partial charge on any atom is -0.493 e. The van der Waals surface area contributed by atoms with Gasteiger partial charge in [-0.3, -0.25) is 4.79 Å². The lowest BCUT2D eigenvalue weighted by atomic mass is 10.2. The first kappa shape index (κ1) is 23.1. The van der Waals surface area contributed by atoms with Gasteiger partial charge in [0.2, 0.25) is 0 Å². The molecule has 0 heterocycles. The molecule has 0 atom stereocenters. The zero-order chi connectivity index (χ0) is 23.0. The standard InChI is InChI=1S/C22H19ClN2O6S/c1-29-20-12-7-16(13-21(20)31-32(27,28)19-5-3-2-4-6-19)14-24-25-22(26)15-30-18-10-8-17(23)9-11-18/h2-14H,15H2,1H3,(H,25,26)/b24-14-. The fraction of sp³-hybridized carbons (Fsp3) is 0.0909. The first-order valence-electron chi connectivity index (χ1n) is 9.25. The van der Waals surface area contributed by atoms with E-state index in [2.05, 4.69) is 10.5 Å². The maximum atomic E-state index is 12.5. The molecule has 0 bridgehead atoms. The van der Waals surface area contributed by atoms with Crippen molar-refractivity contribution < 1.29 is 26.9 Å². The number of methoxy groups -OCH3 is 1. The molecule has 0 aliphatic carbocycles. The van der Waals surface area contributed by atoms with Crippen molar-refractivity contribution in [1.82, 2.24) is 5.43 Å². The van der Waals surface area contributed by atoms with E-state index in [0.717, 1.165) is 0 Å². The van der Waals surface area contributed by atoms with Gasteiger partial charge in [-0.15, -0.1) is 0 Å². The summed E-state index contributed by atoms with van der Waals surface area (Å²) >= 11 is 5.79. The summed E-state index contributed by atoms with van der Waals surface area (Å²) < 4.78 is 40.7. The van der Waals surface area contributed by atoms with Crippen molar-refractivity contribution in [2.45, 2.75) is 4.90 Å². The van der Waals surface area contributed by atoms with Crippen molar-refractivity contribution in [2.75, 3.05) is 13.7 Å². The topological polar surface area (TPSA) is 103 Å². The molecule has 1 N–H and O–H groups in total. The van der Waals surface area contributed by atoms with Gasteiger partial charge >= 0.3 is 10.1 Å². The molecule has 0 aliphatic heterocycles. The van der Waals surface area contributed by atoms with Gasteiger partial charge < -0.3 is 13.7 Å². The summed E-state index contributed by atoms with van der Waals surface area (Å²) in [5.74, 6) is 0.220. The predicted molar refractivity (Wildman–Crippen MR) is 120 cm³/mol. The van der Waals surface area contributed by atoms with Gasteiger partial charge in [-0.2, -0.15) is 13.5 Å². The maximum Gasteiger partial charge on any atom is 0.339 e. The summed E-state index contributed by atoms with van der Waals surface area (Å²) in [6, 6.07) is 18.9. The van der Waals surface area contributed by atoms with Crippen molar-refractivity contribution >= 4 is 33.8 Å². The lowest BCUT2D eigenvalue weighted by molar-refractivity contribution is -0.123. The zero-order valence-electron chi connectivity index (χ0n) is 16.9. The van der Waals surface area contributed by atoms with E-state index in [9.17, 15) is 13.2 Å². The quantitative estimate of drug-likeness (QED) is 0.288. The third-order valence-electron chi connectivity index (χ3n) is 4.01. The van der Waals surface area contributed by atoms with Crippen LogP contribution in [0.3, 0.4) is 0 Å². The lowest BCUT2D eigenvalue weighted by Gasteiger charge is -2.11. The van der Waals surface area contributed by atoms with Crippen LogP contribution in [0.2, 0.25) is 5.02 Å². The van der Waals surface area contributed by atoms with E-state index in [1.165, 1.54) is 37.6 Å². The van der Waals surface area contributed by atoms with Crippen molar-refractivity contribution in [3.05, 3.63) is 83.4 Å². The highest BCUT2D eigenvalue weighted by Gasteiger charge is 2.19. The van der Waals surface area contributed by atoms with Gasteiger partial charge in [0.1, 0.15) is 10.6 Å². The summed E-state index contributed by atoms with van der Waals surface area (Å²) in [6.45, 7) is -0.245. The highest BCUT2D eigenvalue weighted by atomic mass is 35.5. The Bertz CT molecular complexity index is 1200. The summed E-state index contributed by atoms with van der Waals surface area (Å²) in [5, 5.41) is 4.41. The molecule has 32 heavy (non-hydrogen) atoms. The number of hydrazone groups is 1. The molecule has 1 amide bonds. The number of halogens is 1. The number of nitrogens with one attached hydrogen (secondary N) is 1. The van der Waals surface area contributed by atoms with E-state index in [-0.39, 0.29) is 23.0 Å². The zero-order valence-corrected chi connectivity index (χ0v) is 18.5. The Kier molecular flexibility index (Phi) is 7.69. The van der Waals surface area contributed by atoms with Gasteiger partial charge in [0, 0.05) is 5.02 Å². The lowest BCUT2D eigenvalue weighted by Crippen LogP contribution is -2.24. The second-order valence-electron chi connectivity index (χ2n) is 6.30. The van der Waals surface area contributed by atoms with Crippen LogP contribution in [-0.2, 0) is 14.9 Å². The fourth-order valence-corrected chi connectivity index (χ4v) is 3.56. The molecule has 0 spiro atoms. The number of rotatable bonds is 9. The highest BCUT2D eigenvalue weighted by Crippen LogP contribution is 2.30. The van der Waals surface area contributed by atoms with Crippen LogP contribution in [0.25, 0.3) is 0 Å². The number of amides is 1. The van der Waals surface area contributed by atoms with Crippen LogP contribution in [0.5, 0.6) is 17.2 Å². The molecule has 0 aromatic heterocycles. The summed E-state index contributed by atoms with van der Waals surface area (Å²) in [4.78, 5) is 11.9. The van der Waals surface area contributed by atoms with Crippen molar-refractivity contribution in [2.24, 2.45) is 5.10 Å². The minimum absolute atomic E-state index is 0.00840. The number of carbonyl (C=O) groups is 1. The molecule has 0 unspecified atom stereocenters. The SMILES string of the molecule is COc1ccc(/C=N\NC(=O)COc2ccc(Cl)cc2)cc1OS(=O)(=O)c1ccccc1. The van der Waals surface area contributed by atoms with E-state index in [4.69, 9.17) is 25.3 Å². The molecule has 0 saturated carbocycles. The van der Waals surface area contributed by atoms with Gasteiger partial charge in [0.05, 0.1) is 13.3 Å². The molecule has 166 valence electrons. The van der Waals surface area contributed by atoms with Crippen LogP contribution in [0.1, 0.15) is 5.56 Å². The van der Waals surface area contributed by atoms with Gasteiger partial charge in [0.25, 0.3) is 5.91 Å². The largest absolute Gasteiger partial charge is 0.493 e. The average Bonchev–Trinajstić information content (AvgIpc) is 2.79. The number of hydrogen-bond acceptors (Lipinski definition) is 7. The highest BCUT2D eigenvalue weighted by molar-refractivity contribution is 7.87. The molecule has 3 aromatic carbocycles. The normalized spacial score (nSPS) is 11.2. The van der Waals surface area contributed by atoms with E-state index in [1.807, 2.05) is 0 Å². The van der Waals surface area contributed by atoms with Crippen LogP contribution in [0.15, 0.2) is 82.8 Å². The smallest absolute Gasteiger partial charge is 0.339 e. The Morgan fingerprint density at radius 2 is 1.75 bits per heavy atom. The molecule has 3 rings (SSSR count). The van der Waals surface area contributed by atoms with Crippen LogP contribution >= 0.6 is 11.6 Å². The van der Waals surface area contributed by atoms with Gasteiger partial charge in [0.15, 0.2) is 18.1 Å². The molecule has 0 fully saturated rings. The predicted octanol–water partition coefficient (Wildman–Crippen LogP) is 3.65. The van der Waals surface area contributed by atoms with E-state index in [1.54, 1.807) is 48.5 Å². The summed E-state index contributed by atoms with van der Waals surface area (Å²) in [5.41, 5.74) is 2.80. The summed E-state index contributed by atoms with van der Waals surface area (Å²) in [7, 11) is -2.66. The number of benzene rings is 3. The van der Waals surface area contributed by atoms with Gasteiger partial charge in [-0.1, -0.05) is 29.8 Å². The molecule has 8 nitrogen and oxygen atoms in total. The molecule has 0 saturated heterocycles. The first-order valence-corrected chi connectivity index (χ1v) is 11.0. The number of ether oxygens (including phenoxy) is 2. The Morgan fingerprint density at radius 1 is 1.03 bits per heavy atom. The maximum absolute atomic E-state index is 12.5. The third-order valence-corrected chi connectivity index (χ3v) is 5.51. The average molecular weight is 475 g/mol. The van der Waals surface area contributed by atoms with E-state index >= 15 is 0 Å². The van der Waals surface area contributed by atoms with Crippen LogP contribution < -0.4 is 19.1 Å². The molecular weight excluding hydrogens is 456 g/mol. The van der Waals surface area contributed by atoms with Gasteiger partial charge in [-0.25, -0.2) is 5.43 Å². The number of carbonyl (C=O) groups excluding carboxylic acids is 1. The molecule has 3 aromatic rings. The molecule has 0 aliphatic rings.